The lowest BCUT2D eigenvalue weighted by molar-refractivity contribution is -0.127. The molecule has 10 nitrogen and oxygen atoms in total. The van der Waals surface area contributed by atoms with Gasteiger partial charge in [0.25, 0.3) is 0 Å². The van der Waals surface area contributed by atoms with E-state index in [9.17, 15) is 18.8 Å². The number of nitrogens with zero attached hydrogens (tertiary/aromatic N) is 6. The van der Waals surface area contributed by atoms with Crippen molar-refractivity contribution < 1.29 is 23.0 Å². The molecule has 49 heavy (non-hydrogen) atoms. The van der Waals surface area contributed by atoms with E-state index in [2.05, 4.69) is 22.4 Å². The number of amides is 1. The molecular weight excluding hydrogens is 649 g/mol. The summed E-state index contributed by atoms with van der Waals surface area (Å²) in [5.41, 5.74) is 7.96. The van der Waals surface area contributed by atoms with Gasteiger partial charge in [-0.05, 0) is 68.1 Å². The lowest BCUT2D eigenvalue weighted by atomic mass is 9.95. The van der Waals surface area contributed by atoms with Crippen LogP contribution in [0.5, 0.6) is 6.01 Å². The van der Waals surface area contributed by atoms with Crippen LogP contribution in [0.1, 0.15) is 38.2 Å². The molecule has 0 bridgehead atoms. The van der Waals surface area contributed by atoms with Crippen molar-refractivity contribution in [1.82, 2.24) is 19.8 Å². The minimum Gasteiger partial charge on any atom is -0.461 e. The number of halogens is 2. The first-order valence-electron chi connectivity index (χ1n) is 16.6. The Morgan fingerprint density at radius 1 is 1.31 bits per heavy atom. The van der Waals surface area contributed by atoms with Crippen molar-refractivity contribution in [2.24, 2.45) is 0 Å². The highest BCUT2D eigenvalue weighted by atomic mass is 32.1. The lowest BCUT2D eigenvalue weighted by Gasteiger charge is -2.36. The van der Waals surface area contributed by atoms with Crippen LogP contribution in [0.15, 0.2) is 43.0 Å². The zero-order valence-corrected chi connectivity index (χ0v) is 28.4. The first kappa shape index (κ1) is 33.1. The van der Waals surface area contributed by atoms with Gasteiger partial charge in [0, 0.05) is 43.9 Å². The number of alkyl halides is 1. The predicted molar refractivity (Wildman–Crippen MR) is 187 cm³/mol. The van der Waals surface area contributed by atoms with Crippen LogP contribution in [0, 0.1) is 17.1 Å². The van der Waals surface area contributed by atoms with Gasteiger partial charge in [-0.1, -0.05) is 18.7 Å². The van der Waals surface area contributed by atoms with E-state index in [0.717, 1.165) is 41.7 Å². The Balaban J connectivity index is 1.35. The SMILES string of the molecule is C=CC(=O)N1CCC(N(CC)c2nc(OC[C@@]34CCCN3C[C@H](F)C4)nc3cc(-c4ccc(F)c5sc(N)c(C#N)c45)ccc23)C1COC. The number of thiophene rings is 1. The molecule has 2 unspecified atom stereocenters. The molecule has 7 rings (SSSR count). The minimum absolute atomic E-state index is 0.116. The smallest absolute Gasteiger partial charge is 0.319 e. The van der Waals surface area contributed by atoms with Crippen molar-refractivity contribution in [3.05, 3.63) is 54.4 Å². The molecule has 3 fully saturated rings. The maximum absolute atomic E-state index is 14.9. The van der Waals surface area contributed by atoms with Gasteiger partial charge in [0.1, 0.15) is 35.5 Å². The predicted octanol–water partition coefficient (Wildman–Crippen LogP) is 5.69. The van der Waals surface area contributed by atoms with Gasteiger partial charge in [-0.25, -0.2) is 8.78 Å². The Hall–Kier alpha value is -4.38. The van der Waals surface area contributed by atoms with Gasteiger partial charge in [-0.3, -0.25) is 9.69 Å². The third kappa shape index (κ3) is 5.65. The minimum atomic E-state index is -0.895. The molecule has 2 N–H and O–H groups in total. The molecular formula is C36H39F2N7O3S. The van der Waals surface area contributed by atoms with Crippen LogP contribution in [0.2, 0.25) is 0 Å². The topological polar surface area (TPSA) is 121 Å². The number of likely N-dealkylation sites (tertiary alicyclic amines) is 1. The van der Waals surface area contributed by atoms with Crippen molar-refractivity contribution in [3.63, 3.8) is 0 Å². The first-order chi connectivity index (χ1) is 23.7. The highest BCUT2D eigenvalue weighted by molar-refractivity contribution is 7.23. The van der Waals surface area contributed by atoms with Gasteiger partial charge in [0.2, 0.25) is 5.91 Å². The molecule has 0 saturated carbocycles. The van der Waals surface area contributed by atoms with E-state index in [-0.39, 0.29) is 41.2 Å². The molecule has 0 radical (unpaired) electrons. The molecule has 13 heteroatoms. The Bertz CT molecular complexity index is 1980. The van der Waals surface area contributed by atoms with Crippen molar-refractivity contribution in [1.29, 1.82) is 5.26 Å². The van der Waals surface area contributed by atoms with E-state index in [1.54, 1.807) is 18.1 Å². The summed E-state index contributed by atoms with van der Waals surface area (Å²) in [5.74, 6) is 0.0530. The number of methoxy groups -OCH3 is 1. The van der Waals surface area contributed by atoms with Crippen molar-refractivity contribution in [2.75, 3.05) is 57.1 Å². The second-order valence-corrected chi connectivity index (χ2v) is 14.1. The van der Waals surface area contributed by atoms with Crippen LogP contribution < -0.4 is 15.4 Å². The van der Waals surface area contributed by atoms with Crippen LogP contribution in [-0.4, -0.2) is 96.0 Å². The summed E-state index contributed by atoms with van der Waals surface area (Å²) < 4.78 is 41.8. The number of anilines is 2. The van der Waals surface area contributed by atoms with Crippen LogP contribution in [-0.2, 0) is 9.53 Å². The molecule has 256 valence electrons. The second kappa shape index (κ2) is 13.2. The molecule has 4 aromatic rings. The molecule has 0 aliphatic carbocycles. The maximum atomic E-state index is 14.9. The van der Waals surface area contributed by atoms with Crippen molar-refractivity contribution in [2.45, 2.75) is 56.4 Å². The quantitative estimate of drug-likeness (QED) is 0.210. The van der Waals surface area contributed by atoms with Gasteiger partial charge in [0.15, 0.2) is 0 Å². The fraction of sp³-hybridized carbons (Fsp3) is 0.444. The van der Waals surface area contributed by atoms with E-state index in [4.69, 9.17) is 25.2 Å². The third-order valence-electron chi connectivity index (χ3n) is 10.4. The molecule has 3 aliphatic rings. The van der Waals surface area contributed by atoms with E-state index in [1.807, 2.05) is 25.1 Å². The average Bonchev–Trinajstić information content (AvgIpc) is 3.85. The normalized spacial score (nSPS) is 23.7. The number of nitrogen functional groups attached to an aromatic ring is 1. The van der Waals surface area contributed by atoms with E-state index >= 15 is 0 Å². The number of likely N-dealkylation sites (N-methyl/N-ethyl adjacent to an activating group) is 1. The molecule has 1 amide bonds. The van der Waals surface area contributed by atoms with E-state index in [0.29, 0.717) is 66.1 Å². The molecule has 2 aromatic carbocycles. The first-order valence-corrected chi connectivity index (χ1v) is 17.5. The fourth-order valence-electron chi connectivity index (χ4n) is 8.24. The zero-order chi connectivity index (χ0) is 34.4. The number of nitriles is 1. The monoisotopic (exact) mass is 687 g/mol. The summed E-state index contributed by atoms with van der Waals surface area (Å²) in [5, 5.41) is 11.4. The number of fused-ring (bicyclic) bond motifs is 3. The van der Waals surface area contributed by atoms with Gasteiger partial charge in [-0.15, -0.1) is 11.3 Å². The Labute approximate surface area is 287 Å². The lowest BCUT2D eigenvalue weighted by Crippen LogP contribution is -2.49. The summed E-state index contributed by atoms with van der Waals surface area (Å²) >= 11 is 1.05. The van der Waals surface area contributed by atoms with Crippen LogP contribution >= 0.6 is 11.3 Å². The number of carbonyl (C=O) groups is 1. The number of hydrogen-bond acceptors (Lipinski definition) is 10. The van der Waals surface area contributed by atoms with E-state index in [1.165, 1.54) is 12.1 Å². The molecule has 4 atom stereocenters. The molecule has 0 spiro atoms. The van der Waals surface area contributed by atoms with E-state index < -0.39 is 17.5 Å². The standard InChI is InChI=1S/C36H39F2N7O3S/c1-4-30(46)45-14-11-28(29(45)19-47-3)44(5-2)34-24-8-7-21(23-9-10-26(38)32-31(23)25(17-39)33(40)49-32)15-27(24)41-35(42-34)48-20-36-12-6-13-43(36)18-22(37)16-36/h4,7-10,15,22,28-29H,1,5-6,11-14,16,18-20,40H2,2-3H3/t22-,28?,29?,36+/m1/s1. The third-order valence-corrected chi connectivity index (χ3v) is 11.5. The summed E-state index contributed by atoms with van der Waals surface area (Å²) in [4.78, 5) is 28.9. The van der Waals surface area contributed by atoms with Crippen LogP contribution in [0.25, 0.3) is 32.1 Å². The van der Waals surface area contributed by atoms with Gasteiger partial charge in [0.05, 0.1) is 40.0 Å². The Kier molecular flexibility index (Phi) is 8.89. The molecule has 3 saturated heterocycles. The van der Waals surface area contributed by atoms with Gasteiger partial charge >= 0.3 is 6.01 Å². The second-order valence-electron chi connectivity index (χ2n) is 13.1. The fourth-order valence-corrected chi connectivity index (χ4v) is 9.19. The van der Waals surface area contributed by atoms with Crippen LogP contribution in [0.4, 0.5) is 19.6 Å². The highest BCUT2D eigenvalue weighted by Gasteiger charge is 2.49. The number of aromatic nitrogens is 2. The van der Waals surface area contributed by atoms with Crippen molar-refractivity contribution in [3.8, 4) is 23.2 Å². The number of ether oxygens (including phenoxy) is 2. The maximum Gasteiger partial charge on any atom is 0.319 e. The van der Waals surface area contributed by atoms with Crippen molar-refractivity contribution >= 4 is 49.1 Å². The summed E-state index contributed by atoms with van der Waals surface area (Å²) in [6, 6.07) is 10.7. The number of nitrogens with two attached hydrogens (primary N) is 1. The molecule has 2 aromatic heterocycles. The Morgan fingerprint density at radius 2 is 2.14 bits per heavy atom. The van der Waals surface area contributed by atoms with Gasteiger partial charge < -0.3 is 25.0 Å². The summed E-state index contributed by atoms with van der Waals surface area (Å²) in [6.45, 7) is 8.71. The number of rotatable bonds is 10. The van der Waals surface area contributed by atoms with Crippen LogP contribution in [0.3, 0.4) is 0 Å². The Morgan fingerprint density at radius 3 is 2.90 bits per heavy atom. The van der Waals surface area contributed by atoms with Gasteiger partial charge in [-0.2, -0.15) is 15.2 Å². The highest BCUT2D eigenvalue weighted by Crippen LogP contribution is 2.43. The summed E-state index contributed by atoms with van der Waals surface area (Å²) in [7, 11) is 1.62. The number of hydrogen-bond donors (Lipinski definition) is 1. The molecule has 5 heterocycles. The average molecular weight is 688 g/mol. The summed E-state index contributed by atoms with van der Waals surface area (Å²) in [6.07, 6.45) is 3.38. The zero-order valence-electron chi connectivity index (χ0n) is 27.6. The molecule has 3 aliphatic heterocycles. The number of benzene rings is 2. The number of carbonyl (C=O) groups excluding carboxylic acids is 1. The largest absolute Gasteiger partial charge is 0.461 e.